The van der Waals surface area contributed by atoms with Crippen LogP contribution in [0, 0.1) is 17.8 Å². The molecule has 0 radical (unpaired) electrons. The number of carbonyl (C=O) groups is 1. The molecule has 2 aliphatic rings. The van der Waals surface area contributed by atoms with Gasteiger partial charge in [-0.1, -0.05) is 25.7 Å². The summed E-state index contributed by atoms with van der Waals surface area (Å²) in [6, 6.07) is 0. The summed E-state index contributed by atoms with van der Waals surface area (Å²) in [4.78, 5) is 10.6. The zero-order chi connectivity index (χ0) is 10.7. The lowest BCUT2D eigenvalue weighted by Gasteiger charge is -2.37. The van der Waals surface area contributed by atoms with Gasteiger partial charge in [0, 0.05) is 12.3 Å². The Morgan fingerprint density at radius 2 is 1.93 bits per heavy atom. The molecule has 1 atom stereocenters. The summed E-state index contributed by atoms with van der Waals surface area (Å²) in [5.74, 6) is 1.38. The molecule has 1 aliphatic carbocycles. The Bertz CT molecular complexity index is 217. The van der Waals surface area contributed by atoms with E-state index >= 15 is 0 Å². The Hall–Kier alpha value is -0.570. The van der Waals surface area contributed by atoms with E-state index in [4.69, 9.17) is 9.84 Å². The van der Waals surface area contributed by atoms with E-state index in [9.17, 15) is 4.79 Å². The molecule has 0 spiro atoms. The van der Waals surface area contributed by atoms with E-state index in [1.54, 1.807) is 0 Å². The zero-order valence-corrected chi connectivity index (χ0v) is 9.15. The molecule has 3 nitrogen and oxygen atoms in total. The van der Waals surface area contributed by atoms with Crippen LogP contribution in [0.3, 0.4) is 0 Å². The van der Waals surface area contributed by atoms with Gasteiger partial charge < -0.3 is 9.84 Å². The molecule has 86 valence electrons. The molecule has 1 N–H and O–H groups in total. The quantitative estimate of drug-likeness (QED) is 0.760. The third-order valence-corrected chi connectivity index (χ3v) is 3.97. The Kier molecular flexibility index (Phi) is 3.62. The minimum Gasteiger partial charge on any atom is -0.481 e. The first kappa shape index (κ1) is 10.9. The van der Waals surface area contributed by atoms with Crippen LogP contribution >= 0.6 is 0 Å². The summed E-state index contributed by atoms with van der Waals surface area (Å²) in [6.45, 7) is 1.72. The highest BCUT2D eigenvalue weighted by Crippen LogP contribution is 2.40. The third kappa shape index (κ3) is 2.71. The van der Waals surface area contributed by atoms with Crippen molar-refractivity contribution >= 4 is 5.97 Å². The molecule has 3 heteroatoms. The molecule has 2 fully saturated rings. The molecule has 1 unspecified atom stereocenters. The highest BCUT2D eigenvalue weighted by atomic mass is 16.5. The fourth-order valence-electron chi connectivity index (χ4n) is 3.03. The van der Waals surface area contributed by atoms with Gasteiger partial charge in [0.05, 0.1) is 13.2 Å². The summed E-state index contributed by atoms with van der Waals surface area (Å²) in [5, 5.41) is 8.75. The number of ether oxygens (including phenoxy) is 1. The van der Waals surface area contributed by atoms with Gasteiger partial charge in [-0.3, -0.25) is 4.79 Å². The van der Waals surface area contributed by atoms with E-state index in [0.717, 1.165) is 25.6 Å². The highest BCUT2D eigenvalue weighted by Gasteiger charge is 2.35. The number of rotatable bonds is 5. The van der Waals surface area contributed by atoms with E-state index in [-0.39, 0.29) is 0 Å². The van der Waals surface area contributed by atoms with Crippen LogP contribution in [0.15, 0.2) is 0 Å². The first-order valence-electron chi connectivity index (χ1n) is 6.07. The highest BCUT2D eigenvalue weighted by molar-refractivity contribution is 5.66. The summed E-state index contributed by atoms with van der Waals surface area (Å²) >= 11 is 0. The summed E-state index contributed by atoms with van der Waals surface area (Å²) in [7, 11) is 0. The van der Waals surface area contributed by atoms with Crippen LogP contribution in [0.25, 0.3) is 0 Å². The molecule has 1 heterocycles. The average molecular weight is 212 g/mol. The average Bonchev–Trinajstić information content (AvgIpc) is 2.60. The largest absolute Gasteiger partial charge is 0.481 e. The van der Waals surface area contributed by atoms with Gasteiger partial charge in [-0.05, 0) is 18.3 Å². The molecule has 1 aliphatic heterocycles. The van der Waals surface area contributed by atoms with Crippen molar-refractivity contribution in [1.82, 2.24) is 0 Å². The van der Waals surface area contributed by atoms with E-state index in [1.807, 2.05) is 0 Å². The van der Waals surface area contributed by atoms with E-state index in [1.165, 1.54) is 25.7 Å². The molecule has 1 saturated carbocycles. The monoisotopic (exact) mass is 212 g/mol. The fraction of sp³-hybridized carbons (Fsp3) is 0.917. The van der Waals surface area contributed by atoms with Gasteiger partial charge in [0.2, 0.25) is 0 Å². The Morgan fingerprint density at radius 1 is 1.27 bits per heavy atom. The summed E-state index contributed by atoms with van der Waals surface area (Å²) in [5.41, 5.74) is 0. The van der Waals surface area contributed by atoms with Crippen molar-refractivity contribution in [2.45, 2.75) is 38.5 Å². The van der Waals surface area contributed by atoms with Crippen LogP contribution in [-0.4, -0.2) is 24.3 Å². The SMILES string of the molecule is O=C(O)CCC(C1CCCC1)C1COC1. The van der Waals surface area contributed by atoms with Crippen molar-refractivity contribution in [1.29, 1.82) is 0 Å². The minimum atomic E-state index is -0.654. The third-order valence-electron chi connectivity index (χ3n) is 3.97. The molecular formula is C12H20O3. The van der Waals surface area contributed by atoms with E-state index in [0.29, 0.717) is 18.3 Å². The summed E-state index contributed by atoms with van der Waals surface area (Å²) in [6.07, 6.45) is 6.47. The molecule has 0 aromatic rings. The topological polar surface area (TPSA) is 46.5 Å². The van der Waals surface area contributed by atoms with Gasteiger partial charge in [0.25, 0.3) is 0 Å². The van der Waals surface area contributed by atoms with Crippen molar-refractivity contribution < 1.29 is 14.6 Å². The normalized spacial score (nSPS) is 25.1. The number of carboxylic acids is 1. The molecule has 2 rings (SSSR count). The molecular weight excluding hydrogens is 192 g/mol. The zero-order valence-electron chi connectivity index (χ0n) is 9.15. The van der Waals surface area contributed by atoms with Crippen LogP contribution in [0.2, 0.25) is 0 Å². The van der Waals surface area contributed by atoms with Gasteiger partial charge in [-0.2, -0.15) is 0 Å². The lowest BCUT2D eigenvalue weighted by atomic mass is 9.77. The first-order valence-corrected chi connectivity index (χ1v) is 6.07. The smallest absolute Gasteiger partial charge is 0.303 e. The van der Waals surface area contributed by atoms with Gasteiger partial charge >= 0.3 is 5.97 Å². The lowest BCUT2D eigenvalue weighted by Crippen LogP contribution is -2.37. The maximum Gasteiger partial charge on any atom is 0.303 e. The van der Waals surface area contributed by atoms with Crippen LogP contribution in [0.1, 0.15) is 38.5 Å². The predicted octanol–water partition coefficient (Wildman–Crippen LogP) is 2.30. The maximum absolute atomic E-state index is 10.6. The van der Waals surface area contributed by atoms with E-state index < -0.39 is 5.97 Å². The first-order chi connectivity index (χ1) is 7.27. The van der Waals surface area contributed by atoms with Crippen LogP contribution < -0.4 is 0 Å². The molecule has 15 heavy (non-hydrogen) atoms. The van der Waals surface area contributed by atoms with Crippen molar-refractivity contribution in [3.63, 3.8) is 0 Å². The van der Waals surface area contributed by atoms with Crippen molar-refractivity contribution in [2.24, 2.45) is 17.8 Å². The van der Waals surface area contributed by atoms with Crippen LogP contribution in [0.4, 0.5) is 0 Å². The maximum atomic E-state index is 10.6. The Labute approximate surface area is 90.8 Å². The molecule has 0 bridgehead atoms. The second kappa shape index (κ2) is 4.97. The standard InChI is InChI=1S/C12H20O3/c13-12(14)6-5-11(10-7-15-8-10)9-3-1-2-4-9/h9-11H,1-8H2,(H,13,14). The number of carboxylic acid groups (broad SMARTS) is 1. The molecule has 1 saturated heterocycles. The molecule has 0 amide bonds. The van der Waals surface area contributed by atoms with Crippen LogP contribution in [-0.2, 0) is 9.53 Å². The van der Waals surface area contributed by atoms with Gasteiger partial charge in [-0.25, -0.2) is 0 Å². The Morgan fingerprint density at radius 3 is 2.40 bits per heavy atom. The number of aliphatic carboxylic acids is 1. The number of hydrogen-bond donors (Lipinski definition) is 1. The van der Waals surface area contributed by atoms with Gasteiger partial charge in [-0.15, -0.1) is 0 Å². The fourth-order valence-corrected chi connectivity index (χ4v) is 3.03. The van der Waals surface area contributed by atoms with Gasteiger partial charge in [0.15, 0.2) is 0 Å². The van der Waals surface area contributed by atoms with Crippen molar-refractivity contribution in [3.05, 3.63) is 0 Å². The minimum absolute atomic E-state index is 0.331. The Balaban J connectivity index is 1.86. The summed E-state index contributed by atoms with van der Waals surface area (Å²) < 4.78 is 5.23. The predicted molar refractivity (Wildman–Crippen MR) is 56.6 cm³/mol. The van der Waals surface area contributed by atoms with Crippen molar-refractivity contribution in [2.75, 3.05) is 13.2 Å². The molecule has 0 aromatic heterocycles. The second-order valence-electron chi connectivity index (χ2n) is 4.94. The number of hydrogen-bond acceptors (Lipinski definition) is 2. The second-order valence-corrected chi connectivity index (χ2v) is 4.94. The molecule has 0 aromatic carbocycles. The van der Waals surface area contributed by atoms with E-state index in [2.05, 4.69) is 0 Å². The van der Waals surface area contributed by atoms with Gasteiger partial charge in [0.1, 0.15) is 0 Å². The van der Waals surface area contributed by atoms with Crippen LogP contribution in [0.5, 0.6) is 0 Å². The van der Waals surface area contributed by atoms with Crippen molar-refractivity contribution in [3.8, 4) is 0 Å². The lowest BCUT2D eigenvalue weighted by molar-refractivity contribution is -0.138.